The molecule has 0 radical (unpaired) electrons. The number of hydrogen-bond donors (Lipinski definition) is 1. The van der Waals surface area contributed by atoms with E-state index >= 15 is 0 Å². The average Bonchev–Trinajstić information content (AvgIpc) is 2.53. The van der Waals surface area contributed by atoms with Crippen LogP contribution >= 0.6 is 0 Å². The van der Waals surface area contributed by atoms with E-state index in [0.717, 1.165) is 51.2 Å². The van der Waals surface area contributed by atoms with Gasteiger partial charge in [0.25, 0.3) is 0 Å². The second-order valence-electron chi connectivity index (χ2n) is 7.74. The van der Waals surface area contributed by atoms with Gasteiger partial charge in [0.15, 0.2) is 5.82 Å². The van der Waals surface area contributed by atoms with Crippen molar-refractivity contribution in [2.24, 2.45) is 0 Å². The van der Waals surface area contributed by atoms with E-state index in [1.54, 1.807) is 0 Å². The number of aryl methyl sites for hydroxylation is 2. The van der Waals surface area contributed by atoms with Gasteiger partial charge in [-0.05, 0) is 57.2 Å². The molecule has 1 aromatic heterocycles. The molecule has 0 spiro atoms. The molecule has 3 heterocycles. The first-order valence-electron chi connectivity index (χ1n) is 9.24. The van der Waals surface area contributed by atoms with Crippen molar-refractivity contribution in [1.29, 1.82) is 0 Å². The lowest BCUT2D eigenvalue weighted by molar-refractivity contribution is -0.102. The Morgan fingerprint density at radius 2 is 2.12 bits per heavy atom. The van der Waals surface area contributed by atoms with Gasteiger partial charge in [-0.1, -0.05) is 0 Å². The number of nitrogens with zero attached hydrogens (tertiary/aromatic N) is 4. The van der Waals surface area contributed by atoms with Crippen molar-refractivity contribution in [3.63, 3.8) is 0 Å². The van der Waals surface area contributed by atoms with Crippen LogP contribution in [0, 0.1) is 0 Å². The SMILES string of the molecule is CN(CC1(O)CCCOC1)C1CN(c2cc3c(nn2)CCCC3)C1. The molecule has 0 saturated carbocycles. The minimum absolute atomic E-state index is 0.462. The Morgan fingerprint density at radius 3 is 2.92 bits per heavy atom. The highest BCUT2D eigenvalue weighted by Gasteiger charge is 2.37. The normalized spacial score (nSPS) is 27.9. The summed E-state index contributed by atoms with van der Waals surface area (Å²) in [5.41, 5.74) is 1.90. The van der Waals surface area contributed by atoms with Crippen molar-refractivity contribution in [1.82, 2.24) is 15.1 Å². The Hall–Kier alpha value is -1.24. The van der Waals surface area contributed by atoms with Crippen LogP contribution in [0.2, 0.25) is 0 Å². The minimum Gasteiger partial charge on any atom is -0.386 e. The summed E-state index contributed by atoms with van der Waals surface area (Å²) in [5.74, 6) is 1.01. The molecule has 4 rings (SSSR count). The zero-order valence-corrected chi connectivity index (χ0v) is 14.6. The van der Waals surface area contributed by atoms with E-state index in [9.17, 15) is 5.11 Å². The molecule has 24 heavy (non-hydrogen) atoms. The molecule has 1 unspecified atom stereocenters. The van der Waals surface area contributed by atoms with Gasteiger partial charge in [-0.15, -0.1) is 5.10 Å². The molecule has 0 amide bonds. The molecule has 2 aliphatic heterocycles. The van der Waals surface area contributed by atoms with Crippen molar-refractivity contribution in [2.45, 2.75) is 50.2 Å². The molecule has 132 valence electrons. The first kappa shape index (κ1) is 16.2. The van der Waals surface area contributed by atoms with Gasteiger partial charge in [-0.3, -0.25) is 4.90 Å². The van der Waals surface area contributed by atoms with Gasteiger partial charge in [0.1, 0.15) is 5.60 Å². The van der Waals surface area contributed by atoms with Crippen LogP contribution in [-0.4, -0.2) is 71.7 Å². The third-order valence-corrected chi connectivity index (χ3v) is 5.71. The van der Waals surface area contributed by atoms with Crippen LogP contribution in [0.15, 0.2) is 6.07 Å². The number of aromatic nitrogens is 2. The Bertz CT molecular complexity index is 582. The van der Waals surface area contributed by atoms with E-state index in [1.165, 1.54) is 24.1 Å². The molecule has 6 nitrogen and oxygen atoms in total. The second-order valence-corrected chi connectivity index (χ2v) is 7.74. The van der Waals surface area contributed by atoms with E-state index in [0.29, 0.717) is 19.2 Å². The summed E-state index contributed by atoms with van der Waals surface area (Å²) in [7, 11) is 2.10. The summed E-state index contributed by atoms with van der Waals surface area (Å²) in [6.45, 7) is 3.84. The third-order valence-electron chi connectivity index (χ3n) is 5.71. The fourth-order valence-electron chi connectivity index (χ4n) is 4.11. The summed E-state index contributed by atoms with van der Waals surface area (Å²) >= 11 is 0. The van der Waals surface area contributed by atoms with E-state index in [2.05, 4.69) is 33.1 Å². The van der Waals surface area contributed by atoms with Crippen molar-refractivity contribution < 1.29 is 9.84 Å². The number of aliphatic hydroxyl groups is 1. The monoisotopic (exact) mass is 332 g/mol. The van der Waals surface area contributed by atoms with Gasteiger partial charge >= 0.3 is 0 Å². The zero-order valence-electron chi connectivity index (χ0n) is 14.6. The first-order chi connectivity index (χ1) is 11.6. The van der Waals surface area contributed by atoms with Gasteiger partial charge in [0.2, 0.25) is 0 Å². The highest BCUT2D eigenvalue weighted by atomic mass is 16.5. The van der Waals surface area contributed by atoms with Crippen LogP contribution < -0.4 is 4.90 Å². The van der Waals surface area contributed by atoms with E-state index in [4.69, 9.17) is 4.74 Å². The maximum atomic E-state index is 10.6. The van der Waals surface area contributed by atoms with Crippen LogP contribution in [-0.2, 0) is 17.6 Å². The van der Waals surface area contributed by atoms with Crippen LogP contribution in [0.1, 0.15) is 36.9 Å². The summed E-state index contributed by atoms with van der Waals surface area (Å²) < 4.78 is 5.46. The molecular weight excluding hydrogens is 304 g/mol. The Balaban J connectivity index is 1.32. The number of likely N-dealkylation sites (N-methyl/N-ethyl adjacent to an activating group) is 1. The molecule has 1 aromatic rings. The van der Waals surface area contributed by atoms with Crippen LogP contribution in [0.4, 0.5) is 5.82 Å². The highest BCUT2D eigenvalue weighted by molar-refractivity contribution is 5.45. The molecule has 3 aliphatic rings. The van der Waals surface area contributed by atoms with Crippen molar-refractivity contribution in [3.05, 3.63) is 17.3 Å². The fraction of sp³-hybridized carbons (Fsp3) is 0.778. The van der Waals surface area contributed by atoms with Crippen LogP contribution in [0.3, 0.4) is 0 Å². The Morgan fingerprint density at radius 1 is 1.29 bits per heavy atom. The number of hydrogen-bond acceptors (Lipinski definition) is 6. The summed E-state index contributed by atoms with van der Waals surface area (Å²) in [6.07, 6.45) is 6.51. The summed E-state index contributed by atoms with van der Waals surface area (Å²) in [5, 5.41) is 19.5. The average molecular weight is 332 g/mol. The molecular formula is C18H28N4O2. The van der Waals surface area contributed by atoms with Crippen LogP contribution in [0.25, 0.3) is 0 Å². The maximum Gasteiger partial charge on any atom is 0.151 e. The molecule has 6 heteroatoms. The number of anilines is 1. The zero-order chi connectivity index (χ0) is 16.6. The molecule has 2 saturated heterocycles. The van der Waals surface area contributed by atoms with Gasteiger partial charge in [-0.2, -0.15) is 5.10 Å². The molecule has 1 atom stereocenters. The largest absolute Gasteiger partial charge is 0.386 e. The lowest BCUT2D eigenvalue weighted by Crippen LogP contribution is -2.62. The Kier molecular flexibility index (Phi) is 4.45. The van der Waals surface area contributed by atoms with Gasteiger partial charge in [-0.25, -0.2) is 0 Å². The minimum atomic E-state index is -0.682. The molecule has 2 fully saturated rings. The van der Waals surface area contributed by atoms with Gasteiger partial charge in [0, 0.05) is 32.3 Å². The smallest absolute Gasteiger partial charge is 0.151 e. The fourth-order valence-corrected chi connectivity index (χ4v) is 4.11. The lowest BCUT2D eigenvalue weighted by Gasteiger charge is -2.47. The second kappa shape index (κ2) is 6.58. The van der Waals surface area contributed by atoms with E-state index in [1.807, 2.05) is 0 Å². The van der Waals surface area contributed by atoms with E-state index in [-0.39, 0.29) is 0 Å². The number of rotatable bonds is 4. The van der Waals surface area contributed by atoms with Crippen molar-refractivity contribution >= 4 is 5.82 Å². The summed E-state index contributed by atoms with van der Waals surface area (Å²) in [6, 6.07) is 2.70. The Labute approximate surface area is 143 Å². The molecule has 0 aromatic carbocycles. The highest BCUT2D eigenvalue weighted by Crippen LogP contribution is 2.27. The first-order valence-corrected chi connectivity index (χ1v) is 9.24. The number of fused-ring (bicyclic) bond motifs is 1. The summed E-state index contributed by atoms with van der Waals surface area (Å²) in [4.78, 5) is 4.57. The predicted octanol–water partition coefficient (Wildman–Crippen LogP) is 1.02. The standard InChI is InChI=1S/C18H28N4O2/c1-21(12-18(23)7-4-8-24-13-18)15-10-22(11-15)17-9-14-5-2-3-6-16(14)19-20-17/h9,15,23H,2-8,10-13H2,1H3. The maximum absolute atomic E-state index is 10.6. The van der Waals surface area contributed by atoms with E-state index < -0.39 is 5.60 Å². The molecule has 1 N–H and O–H groups in total. The third kappa shape index (κ3) is 3.27. The predicted molar refractivity (Wildman–Crippen MR) is 92.3 cm³/mol. The molecule has 1 aliphatic carbocycles. The van der Waals surface area contributed by atoms with Gasteiger partial charge < -0.3 is 14.7 Å². The quantitative estimate of drug-likeness (QED) is 0.888. The van der Waals surface area contributed by atoms with Crippen molar-refractivity contribution in [3.8, 4) is 0 Å². The topological polar surface area (TPSA) is 61.7 Å². The van der Waals surface area contributed by atoms with Gasteiger partial charge in [0.05, 0.1) is 12.3 Å². The molecule has 0 bridgehead atoms. The van der Waals surface area contributed by atoms with Crippen molar-refractivity contribution in [2.75, 3.05) is 44.8 Å². The van der Waals surface area contributed by atoms with Crippen LogP contribution in [0.5, 0.6) is 0 Å². The lowest BCUT2D eigenvalue weighted by atomic mass is 9.94. The number of ether oxygens (including phenoxy) is 1.